The van der Waals surface area contributed by atoms with Crippen LogP contribution in [0.5, 0.6) is 0 Å². The number of hydrogen-bond donors (Lipinski definition) is 1. The first-order chi connectivity index (χ1) is 7.15. The first-order valence-electron chi connectivity index (χ1n) is 4.73. The Hall–Kier alpha value is -1.71. The molecule has 15 heavy (non-hydrogen) atoms. The van der Waals surface area contributed by atoms with E-state index in [4.69, 9.17) is 0 Å². The van der Waals surface area contributed by atoms with Gasteiger partial charge in [-0.15, -0.1) is 0 Å². The Morgan fingerprint density at radius 2 is 2.13 bits per heavy atom. The lowest BCUT2D eigenvalue weighted by atomic mass is 10.2. The highest BCUT2D eigenvalue weighted by atomic mass is 19.1. The average Bonchev–Trinajstić information content (AvgIpc) is 2.26. The SMILES string of the molecule is CC/C(C)=N\NC(=O)c1ccccc1F. The highest BCUT2D eigenvalue weighted by Crippen LogP contribution is 2.05. The quantitative estimate of drug-likeness (QED) is 0.601. The van der Waals surface area contributed by atoms with Gasteiger partial charge in [0, 0.05) is 5.71 Å². The van der Waals surface area contributed by atoms with E-state index in [1.54, 1.807) is 13.0 Å². The van der Waals surface area contributed by atoms with Gasteiger partial charge >= 0.3 is 0 Å². The van der Waals surface area contributed by atoms with Gasteiger partial charge in [-0.1, -0.05) is 19.1 Å². The van der Waals surface area contributed by atoms with E-state index in [2.05, 4.69) is 10.5 Å². The van der Waals surface area contributed by atoms with Gasteiger partial charge in [-0.2, -0.15) is 5.10 Å². The maximum absolute atomic E-state index is 13.1. The predicted molar refractivity (Wildman–Crippen MR) is 57.3 cm³/mol. The van der Waals surface area contributed by atoms with Crippen molar-refractivity contribution in [3.8, 4) is 0 Å². The summed E-state index contributed by atoms with van der Waals surface area (Å²) in [5.74, 6) is -1.07. The third kappa shape index (κ3) is 3.16. The minimum absolute atomic E-state index is 0.00477. The fraction of sp³-hybridized carbons (Fsp3) is 0.273. The topological polar surface area (TPSA) is 41.5 Å². The highest BCUT2D eigenvalue weighted by Gasteiger charge is 2.09. The molecule has 0 saturated carbocycles. The maximum Gasteiger partial charge on any atom is 0.274 e. The van der Waals surface area contributed by atoms with Gasteiger partial charge in [-0.05, 0) is 25.5 Å². The fourth-order valence-electron chi connectivity index (χ4n) is 0.931. The second-order valence-corrected chi connectivity index (χ2v) is 3.12. The van der Waals surface area contributed by atoms with Crippen LogP contribution in [-0.2, 0) is 0 Å². The molecule has 0 spiro atoms. The lowest BCUT2D eigenvalue weighted by Gasteiger charge is -2.01. The van der Waals surface area contributed by atoms with Crippen molar-refractivity contribution in [3.05, 3.63) is 35.6 Å². The molecule has 0 aromatic heterocycles. The van der Waals surface area contributed by atoms with Crippen molar-refractivity contribution in [2.24, 2.45) is 5.10 Å². The minimum atomic E-state index is -0.542. The van der Waals surface area contributed by atoms with Crippen molar-refractivity contribution in [1.82, 2.24) is 5.43 Å². The van der Waals surface area contributed by atoms with Crippen molar-refractivity contribution in [3.63, 3.8) is 0 Å². The Labute approximate surface area is 88.0 Å². The van der Waals surface area contributed by atoms with E-state index in [0.717, 1.165) is 12.1 Å². The second-order valence-electron chi connectivity index (χ2n) is 3.12. The number of nitrogens with zero attached hydrogens (tertiary/aromatic N) is 1. The first-order valence-corrected chi connectivity index (χ1v) is 4.73. The van der Waals surface area contributed by atoms with E-state index in [-0.39, 0.29) is 5.56 Å². The number of carbonyl (C=O) groups is 1. The number of hydrogen-bond acceptors (Lipinski definition) is 2. The minimum Gasteiger partial charge on any atom is -0.267 e. The lowest BCUT2D eigenvalue weighted by Crippen LogP contribution is -2.20. The zero-order valence-electron chi connectivity index (χ0n) is 8.75. The van der Waals surface area contributed by atoms with Crippen LogP contribution in [0.15, 0.2) is 29.4 Å². The zero-order valence-corrected chi connectivity index (χ0v) is 8.75. The molecule has 0 heterocycles. The summed E-state index contributed by atoms with van der Waals surface area (Å²) < 4.78 is 13.1. The van der Waals surface area contributed by atoms with E-state index in [9.17, 15) is 9.18 Å². The number of carbonyl (C=O) groups excluding carboxylic acids is 1. The van der Waals surface area contributed by atoms with E-state index in [1.165, 1.54) is 18.2 Å². The predicted octanol–water partition coefficient (Wildman–Crippen LogP) is 2.34. The maximum atomic E-state index is 13.1. The van der Waals surface area contributed by atoms with Crippen LogP contribution in [-0.4, -0.2) is 11.6 Å². The molecular formula is C11H13FN2O. The third-order valence-electron chi connectivity index (χ3n) is 1.98. The van der Waals surface area contributed by atoms with Crippen molar-refractivity contribution in [2.45, 2.75) is 20.3 Å². The van der Waals surface area contributed by atoms with Crippen molar-refractivity contribution in [2.75, 3.05) is 0 Å². The van der Waals surface area contributed by atoms with Crippen LogP contribution in [0.1, 0.15) is 30.6 Å². The van der Waals surface area contributed by atoms with Crippen LogP contribution in [0.2, 0.25) is 0 Å². The molecular weight excluding hydrogens is 195 g/mol. The van der Waals surface area contributed by atoms with E-state index in [1.807, 2.05) is 6.92 Å². The van der Waals surface area contributed by atoms with Crippen LogP contribution in [0.25, 0.3) is 0 Å². The van der Waals surface area contributed by atoms with Gasteiger partial charge in [0.1, 0.15) is 5.82 Å². The largest absolute Gasteiger partial charge is 0.274 e. The van der Waals surface area contributed by atoms with Gasteiger partial charge in [0.05, 0.1) is 5.56 Å². The van der Waals surface area contributed by atoms with Crippen LogP contribution < -0.4 is 5.43 Å². The first kappa shape index (κ1) is 11.4. The average molecular weight is 208 g/mol. The summed E-state index contributed by atoms with van der Waals surface area (Å²) in [7, 11) is 0. The molecule has 4 heteroatoms. The molecule has 0 aliphatic rings. The number of nitrogens with one attached hydrogen (secondary N) is 1. The Morgan fingerprint density at radius 3 is 2.73 bits per heavy atom. The third-order valence-corrected chi connectivity index (χ3v) is 1.98. The molecule has 0 fully saturated rings. The molecule has 3 nitrogen and oxygen atoms in total. The molecule has 80 valence electrons. The van der Waals surface area contributed by atoms with E-state index >= 15 is 0 Å². The summed E-state index contributed by atoms with van der Waals surface area (Å²) in [6, 6.07) is 5.80. The zero-order chi connectivity index (χ0) is 11.3. The molecule has 0 aliphatic heterocycles. The summed E-state index contributed by atoms with van der Waals surface area (Å²) in [6.45, 7) is 3.72. The van der Waals surface area contributed by atoms with Crippen LogP contribution >= 0.6 is 0 Å². The smallest absolute Gasteiger partial charge is 0.267 e. The lowest BCUT2D eigenvalue weighted by molar-refractivity contribution is 0.0950. The van der Waals surface area contributed by atoms with Gasteiger partial charge in [-0.25, -0.2) is 9.82 Å². The van der Waals surface area contributed by atoms with Gasteiger partial charge in [-0.3, -0.25) is 4.79 Å². The molecule has 0 unspecified atom stereocenters. The van der Waals surface area contributed by atoms with E-state index < -0.39 is 11.7 Å². The molecule has 0 saturated heterocycles. The molecule has 0 atom stereocenters. The number of benzene rings is 1. The standard InChI is InChI=1S/C11H13FN2O/c1-3-8(2)13-14-11(15)9-6-4-5-7-10(9)12/h4-7H,3H2,1-2H3,(H,14,15)/b13-8-. The molecule has 1 aromatic carbocycles. The Balaban J connectivity index is 2.74. The van der Waals surface area contributed by atoms with Crippen LogP contribution in [0.4, 0.5) is 4.39 Å². The molecule has 1 rings (SSSR count). The Kier molecular flexibility index (Phi) is 3.97. The Bertz CT molecular complexity index is 388. The monoisotopic (exact) mass is 208 g/mol. The molecule has 0 radical (unpaired) electrons. The number of hydrazone groups is 1. The normalized spacial score (nSPS) is 11.3. The van der Waals surface area contributed by atoms with Crippen LogP contribution in [0.3, 0.4) is 0 Å². The molecule has 1 amide bonds. The molecule has 1 N–H and O–H groups in total. The second kappa shape index (κ2) is 5.24. The molecule has 0 bridgehead atoms. The summed E-state index contributed by atoms with van der Waals surface area (Å²) in [5.41, 5.74) is 3.10. The van der Waals surface area contributed by atoms with Crippen LogP contribution in [0, 0.1) is 5.82 Å². The van der Waals surface area contributed by atoms with Gasteiger partial charge in [0.2, 0.25) is 0 Å². The van der Waals surface area contributed by atoms with E-state index in [0.29, 0.717) is 0 Å². The summed E-state index contributed by atoms with van der Waals surface area (Å²) >= 11 is 0. The summed E-state index contributed by atoms with van der Waals surface area (Å²) in [6.07, 6.45) is 0.748. The highest BCUT2D eigenvalue weighted by molar-refractivity contribution is 5.95. The van der Waals surface area contributed by atoms with Gasteiger partial charge in [0.25, 0.3) is 5.91 Å². The molecule has 0 aliphatic carbocycles. The summed E-state index contributed by atoms with van der Waals surface area (Å²) in [5, 5.41) is 3.81. The number of amides is 1. The number of rotatable bonds is 3. The Morgan fingerprint density at radius 1 is 1.47 bits per heavy atom. The summed E-state index contributed by atoms with van der Waals surface area (Å²) in [4.78, 5) is 11.4. The van der Waals surface area contributed by atoms with Crippen molar-refractivity contribution in [1.29, 1.82) is 0 Å². The molecule has 1 aromatic rings. The van der Waals surface area contributed by atoms with Gasteiger partial charge < -0.3 is 0 Å². The van der Waals surface area contributed by atoms with Gasteiger partial charge in [0.15, 0.2) is 0 Å². The van der Waals surface area contributed by atoms with Crippen molar-refractivity contribution < 1.29 is 9.18 Å². The fourth-order valence-corrected chi connectivity index (χ4v) is 0.931. The number of halogens is 1. The van der Waals surface area contributed by atoms with Crippen molar-refractivity contribution >= 4 is 11.6 Å².